The Balaban J connectivity index is 4.18. The van der Waals surface area contributed by atoms with Gasteiger partial charge in [-0.2, -0.15) is 0 Å². The van der Waals surface area contributed by atoms with Gasteiger partial charge in [-0.05, 0) is 13.8 Å². The molecule has 70 valence electrons. The molecule has 0 aliphatic carbocycles. The second-order valence-electron chi connectivity index (χ2n) is 2.94. The van der Waals surface area contributed by atoms with E-state index in [1.54, 1.807) is 13.8 Å². The number of carbonyl (C=O) groups is 2. The van der Waals surface area contributed by atoms with Gasteiger partial charge >= 0.3 is 0 Å². The van der Waals surface area contributed by atoms with E-state index in [9.17, 15) is 9.59 Å². The van der Waals surface area contributed by atoms with Crippen molar-refractivity contribution in [3.8, 4) is 0 Å². The maximum Gasteiger partial charge on any atom is 0.268 e. The lowest BCUT2D eigenvalue weighted by Gasteiger charge is -2.23. The van der Waals surface area contributed by atoms with Crippen LogP contribution in [0, 0.1) is 0 Å². The summed E-state index contributed by atoms with van der Waals surface area (Å²) in [6.45, 7) is 4.52. The van der Waals surface area contributed by atoms with Crippen LogP contribution in [0.5, 0.6) is 0 Å². The first-order valence-electron chi connectivity index (χ1n) is 3.52. The third-order valence-electron chi connectivity index (χ3n) is 1.25. The van der Waals surface area contributed by atoms with Gasteiger partial charge in [0, 0.05) is 6.92 Å². The molecule has 0 saturated carbocycles. The van der Waals surface area contributed by atoms with E-state index in [0.29, 0.717) is 0 Å². The first-order chi connectivity index (χ1) is 5.40. The highest BCUT2D eigenvalue weighted by Gasteiger charge is 2.28. The maximum absolute atomic E-state index is 11.1. The van der Waals surface area contributed by atoms with E-state index in [0.717, 1.165) is 0 Å². The molecule has 0 fully saturated rings. The van der Waals surface area contributed by atoms with Crippen molar-refractivity contribution in [3.05, 3.63) is 0 Å². The zero-order valence-corrected chi connectivity index (χ0v) is 7.72. The van der Waals surface area contributed by atoms with Crippen LogP contribution in [-0.2, 0) is 14.4 Å². The van der Waals surface area contributed by atoms with Gasteiger partial charge < -0.3 is 5.32 Å². The summed E-state index contributed by atoms with van der Waals surface area (Å²) in [5, 5.41) is 2.47. The minimum atomic E-state index is -0.943. The summed E-state index contributed by atoms with van der Waals surface area (Å²) in [4.78, 5) is 26.2. The molecule has 2 amide bonds. The summed E-state index contributed by atoms with van der Waals surface area (Å²) in [5.41, 5.74) is 1.19. The Bertz CT molecular complexity index is 189. The van der Waals surface area contributed by atoms with Crippen LogP contribution in [0.3, 0.4) is 0 Å². The molecule has 0 aliphatic heterocycles. The minimum absolute atomic E-state index is 0.258. The second kappa shape index (κ2) is 4.06. The Labute approximate surface area is 71.4 Å². The molecule has 0 unspecified atom stereocenters. The van der Waals surface area contributed by atoms with E-state index in [2.05, 4.69) is 15.6 Å². The van der Waals surface area contributed by atoms with Gasteiger partial charge in [0.15, 0.2) is 0 Å². The highest BCUT2D eigenvalue weighted by molar-refractivity contribution is 5.89. The third kappa shape index (κ3) is 3.34. The quantitative estimate of drug-likeness (QED) is 0.571. The summed E-state index contributed by atoms with van der Waals surface area (Å²) in [7, 11) is 1.34. The maximum atomic E-state index is 11.1. The predicted octanol–water partition coefficient (Wildman–Crippen LogP) is -0.421. The van der Waals surface area contributed by atoms with E-state index >= 15 is 0 Å². The van der Waals surface area contributed by atoms with Crippen molar-refractivity contribution in [1.82, 2.24) is 10.8 Å². The molecule has 0 aliphatic rings. The smallest absolute Gasteiger partial charge is 0.268 e. The molecular weight excluding hydrogens is 160 g/mol. The summed E-state index contributed by atoms with van der Waals surface area (Å²) in [6, 6.07) is 0. The van der Waals surface area contributed by atoms with Gasteiger partial charge in [-0.3, -0.25) is 14.4 Å². The average molecular weight is 174 g/mol. The molecule has 0 bridgehead atoms. The first-order valence-corrected chi connectivity index (χ1v) is 3.52. The lowest BCUT2D eigenvalue weighted by Crippen LogP contribution is -2.53. The molecule has 5 heteroatoms. The minimum Gasteiger partial charge on any atom is -0.342 e. The van der Waals surface area contributed by atoms with Crippen molar-refractivity contribution in [3.63, 3.8) is 0 Å². The highest BCUT2D eigenvalue weighted by atomic mass is 16.6. The van der Waals surface area contributed by atoms with Crippen molar-refractivity contribution in [2.45, 2.75) is 26.3 Å². The molecule has 0 saturated heterocycles. The van der Waals surface area contributed by atoms with Gasteiger partial charge in [-0.25, -0.2) is 5.48 Å². The number of nitrogens with one attached hydrogen (secondary N) is 2. The lowest BCUT2D eigenvalue weighted by atomic mass is 10.1. The number of amides is 2. The van der Waals surface area contributed by atoms with Gasteiger partial charge in [0.1, 0.15) is 5.54 Å². The van der Waals surface area contributed by atoms with Crippen LogP contribution in [0.25, 0.3) is 0 Å². The molecule has 2 N–H and O–H groups in total. The molecule has 12 heavy (non-hydrogen) atoms. The zero-order chi connectivity index (χ0) is 9.78. The van der Waals surface area contributed by atoms with Crippen LogP contribution in [-0.4, -0.2) is 24.5 Å². The topological polar surface area (TPSA) is 67.4 Å². The molecule has 0 spiro atoms. The monoisotopic (exact) mass is 174 g/mol. The largest absolute Gasteiger partial charge is 0.342 e. The van der Waals surface area contributed by atoms with Gasteiger partial charge in [0.2, 0.25) is 5.91 Å². The van der Waals surface area contributed by atoms with Gasteiger partial charge in [0.05, 0.1) is 7.11 Å². The van der Waals surface area contributed by atoms with Crippen molar-refractivity contribution in [1.29, 1.82) is 0 Å². The molecule has 0 aromatic heterocycles. The SMILES string of the molecule is CONC(=O)C(C)(C)NC(C)=O. The van der Waals surface area contributed by atoms with Crippen LogP contribution < -0.4 is 10.8 Å². The van der Waals surface area contributed by atoms with Crippen molar-refractivity contribution in [2.75, 3.05) is 7.11 Å². The number of carbonyl (C=O) groups excluding carboxylic acids is 2. The molecular formula is C7H14N2O3. The predicted molar refractivity (Wildman–Crippen MR) is 43.0 cm³/mol. The van der Waals surface area contributed by atoms with Crippen LogP contribution in [0.1, 0.15) is 20.8 Å². The number of hydrogen-bond acceptors (Lipinski definition) is 3. The fourth-order valence-electron chi connectivity index (χ4n) is 0.717. The van der Waals surface area contributed by atoms with Crippen molar-refractivity contribution >= 4 is 11.8 Å². The van der Waals surface area contributed by atoms with E-state index in [1.807, 2.05) is 0 Å². The number of rotatable bonds is 3. The fraction of sp³-hybridized carbons (Fsp3) is 0.714. The van der Waals surface area contributed by atoms with Crippen LogP contribution in [0.2, 0.25) is 0 Å². The Morgan fingerprint density at radius 3 is 2.17 bits per heavy atom. The fourth-order valence-corrected chi connectivity index (χ4v) is 0.717. The van der Waals surface area contributed by atoms with E-state index in [-0.39, 0.29) is 11.8 Å². The first kappa shape index (κ1) is 10.9. The Hall–Kier alpha value is -1.10. The van der Waals surface area contributed by atoms with Crippen LogP contribution in [0.4, 0.5) is 0 Å². The van der Waals surface area contributed by atoms with Gasteiger partial charge in [-0.15, -0.1) is 0 Å². The Morgan fingerprint density at radius 2 is 1.83 bits per heavy atom. The summed E-state index contributed by atoms with van der Waals surface area (Å²) >= 11 is 0. The lowest BCUT2D eigenvalue weighted by molar-refractivity contribution is -0.139. The molecule has 0 aromatic rings. The summed E-state index contributed by atoms with van der Waals surface area (Å²) in [6.07, 6.45) is 0. The number of hydroxylamine groups is 1. The molecule has 5 nitrogen and oxygen atoms in total. The summed E-state index contributed by atoms with van der Waals surface area (Å²) < 4.78 is 0. The van der Waals surface area contributed by atoms with Crippen molar-refractivity contribution in [2.24, 2.45) is 0 Å². The van der Waals surface area contributed by atoms with Crippen LogP contribution in [0.15, 0.2) is 0 Å². The molecule has 0 rings (SSSR count). The molecule has 0 atom stereocenters. The Morgan fingerprint density at radius 1 is 1.33 bits per heavy atom. The number of hydrogen-bond donors (Lipinski definition) is 2. The third-order valence-corrected chi connectivity index (χ3v) is 1.25. The van der Waals surface area contributed by atoms with Crippen molar-refractivity contribution < 1.29 is 14.4 Å². The van der Waals surface area contributed by atoms with E-state index < -0.39 is 5.54 Å². The molecule has 0 heterocycles. The second-order valence-corrected chi connectivity index (χ2v) is 2.94. The average Bonchev–Trinajstić information content (AvgIpc) is 1.85. The van der Waals surface area contributed by atoms with Crippen LogP contribution >= 0.6 is 0 Å². The normalized spacial score (nSPS) is 10.7. The molecule has 0 aromatic carbocycles. The molecule has 0 radical (unpaired) electrons. The Kier molecular flexibility index (Phi) is 3.69. The van der Waals surface area contributed by atoms with E-state index in [4.69, 9.17) is 0 Å². The highest BCUT2D eigenvalue weighted by Crippen LogP contribution is 2.00. The summed E-state index contributed by atoms with van der Waals surface area (Å²) in [5.74, 6) is -0.647. The van der Waals surface area contributed by atoms with E-state index in [1.165, 1.54) is 14.0 Å². The zero-order valence-electron chi connectivity index (χ0n) is 7.72. The standard InChI is InChI=1S/C7H14N2O3/c1-5(10)8-7(2,3)6(11)9-12-4/h1-4H3,(H,8,10)(H,9,11). The van der Waals surface area contributed by atoms with Gasteiger partial charge in [0.25, 0.3) is 5.91 Å². The van der Waals surface area contributed by atoms with Gasteiger partial charge in [-0.1, -0.05) is 0 Å².